The van der Waals surface area contributed by atoms with Gasteiger partial charge in [0.05, 0.1) is 7.11 Å². The van der Waals surface area contributed by atoms with Gasteiger partial charge in [0.1, 0.15) is 54.9 Å². The highest BCUT2D eigenvalue weighted by Gasteiger charge is 2.37. The predicted molar refractivity (Wildman–Crippen MR) is 334 cm³/mol. The van der Waals surface area contributed by atoms with Gasteiger partial charge in [-0.25, -0.2) is 15.0 Å². The third-order valence-electron chi connectivity index (χ3n) is 15.7. The number of anilines is 2. The number of carbonyl (C=O) groups is 5. The number of imidazole rings is 3. The quantitative estimate of drug-likeness (QED) is 0.0743. The summed E-state index contributed by atoms with van der Waals surface area (Å²) in [6.45, 7) is 9.63. The minimum atomic E-state index is -0.846. The van der Waals surface area contributed by atoms with Crippen molar-refractivity contribution in [3.63, 3.8) is 0 Å². The van der Waals surface area contributed by atoms with Crippen LogP contribution in [0.4, 0.5) is 11.4 Å². The van der Waals surface area contributed by atoms with E-state index >= 15 is 0 Å². The van der Waals surface area contributed by atoms with Crippen molar-refractivity contribution in [2.24, 2.45) is 0 Å². The summed E-state index contributed by atoms with van der Waals surface area (Å²) >= 11 is 3.53. The van der Waals surface area contributed by atoms with E-state index in [4.69, 9.17) is 9.84 Å². The number of methoxy groups -OCH3 is 1. The minimum Gasteiger partial charge on any atom is -0.497 e. The summed E-state index contributed by atoms with van der Waals surface area (Å²) in [6.07, 6.45) is 20.9. The second kappa shape index (κ2) is 30.3. The number of nitrogens with zero attached hydrogens (tertiary/aromatic N) is 8. The maximum atomic E-state index is 14.3. The van der Waals surface area contributed by atoms with Gasteiger partial charge in [-0.05, 0) is 136 Å². The molecule has 3 N–H and O–H groups in total. The number of halogens is 1. The largest absolute Gasteiger partial charge is 0.497 e. The number of aryl methyl sites for hydroxylation is 5. The number of hydrogen-bond acceptors (Lipinski definition) is 9. The summed E-state index contributed by atoms with van der Waals surface area (Å²) < 4.78 is 11.5. The van der Waals surface area contributed by atoms with Crippen LogP contribution in [0, 0.1) is 34.6 Å². The van der Waals surface area contributed by atoms with E-state index in [1.165, 1.54) is 12.8 Å². The summed E-state index contributed by atoms with van der Waals surface area (Å²) in [4.78, 5) is 82.2. The molecule has 8 aromatic rings. The Labute approximate surface area is 506 Å². The van der Waals surface area contributed by atoms with E-state index in [2.05, 4.69) is 41.5 Å². The van der Waals surface area contributed by atoms with Crippen LogP contribution in [0.25, 0.3) is 11.1 Å². The van der Waals surface area contributed by atoms with Gasteiger partial charge < -0.3 is 34.2 Å². The first-order chi connectivity index (χ1) is 41.1. The molecule has 5 aromatic carbocycles. The average molecular weight is 1210 g/mol. The van der Waals surface area contributed by atoms with Crippen LogP contribution in [-0.4, -0.2) is 82.6 Å². The van der Waals surface area contributed by atoms with Crippen molar-refractivity contribution < 1.29 is 33.8 Å². The van der Waals surface area contributed by atoms with Gasteiger partial charge in [-0.2, -0.15) is 0 Å². The Morgan fingerprint density at radius 2 is 0.953 bits per heavy atom. The Balaban J connectivity index is 0.000000192. The van der Waals surface area contributed by atoms with Crippen LogP contribution in [-0.2, 0) is 43.6 Å². The highest BCUT2D eigenvalue weighted by Crippen LogP contribution is 2.36. The van der Waals surface area contributed by atoms with E-state index < -0.39 is 18.1 Å². The molecular weight excluding hydrogens is 1140 g/mol. The van der Waals surface area contributed by atoms with Gasteiger partial charge in [-0.15, -0.1) is 0 Å². The monoisotopic (exact) mass is 1210 g/mol. The lowest BCUT2D eigenvalue weighted by Crippen LogP contribution is -2.48. The summed E-state index contributed by atoms with van der Waals surface area (Å²) in [5.74, 6) is 1.45. The minimum absolute atomic E-state index is 0.00810. The van der Waals surface area contributed by atoms with Crippen LogP contribution >= 0.6 is 15.9 Å². The smallest absolute Gasteiger partial charge is 0.323 e. The number of benzene rings is 5. The molecule has 2 aliphatic rings. The third-order valence-corrected chi connectivity index (χ3v) is 16.2. The first-order valence-electron chi connectivity index (χ1n) is 29.1. The van der Waals surface area contributed by atoms with E-state index in [9.17, 15) is 24.0 Å². The molecule has 0 radical (unpaired) electrons. The van der Waals surface area contributed by atoms with Gasteiger partial charge in [0, 0.05) is 65.1 Å². The number of hydrogen-bond donors (Lipinski definition) is 3. The molecule has 17 nitrogen and oxygen atoms in total. The lowest BCUT2D eigenvalue weighted by molar-refractivity contribution is -0.137. The van der Waals surface area contributed by atoms with Crippen molar-refractivity contribution in [1.82, 2.24) is 39.3 Å². The van der Waals surface area contributed by atoms with E-state index in [1.807, 2.05) is 154 Å². The van der Waals surface area contributed by atoms with Crippen LogP contribution in [0.3, 0.4) is 0 Å². The van der Waals surface area contributed by atoms with Gasteiger partial charge in [-0.3, -0.25) is 33.8 Å². The van der Waals surface area contributed by atoms with Crippen LogP contribution in [0.15, 0.2) is 163 Å². The lowest BCUT2D eigenvalue weighted by Gasteiger charge is -2.34. The van der Waals surface area contributed by atoms with Gasteiger partial charge in [-0.1, -0.05) is 133 Å². The first-order valence-corrected chi connectivity index (χ1v) is 29.9. The van der Waals surface area contributed by atoms with Crippen LogP contribution < -0.4 is 25.2 Å². The highest BCUT2D eigenvalue weighted by atomic mass is 79.9. The van der Waals surface area contributed by atoms with Crippen LogP contribution in [0.1, 0.15) is 116 Å². The molecule has 2 fully saturated rings. The Morgan fingerprint density at radius 1 is 0.541 bits per heavy atom. The zero-order valence-corrected chi connectivity index (χ0v) is 51.0. The number of rotatable bonds is 18. The van der Waals surface area contributed by atoms with Crippen molar-refractivity contribution in [3.8, 4) is 16.9 Å². The first kappa shape index (κ1) is 62.4. The molecule has 0 aliphatic heterocycles. The molecule has 10 rings (SSSR count). The van der Waals surface area contributed by atoms with Gasteiger partial charge >= 0.3 is 5.97 Å². The number of ether oxygens (including phenoxy) is 1. The fourth-order valence-electron chi connectivity index (χ4n) is 11.1. The predicted octanol–water partition coefficient (Wildman–Crippen LogP) is 12.2. The van der Waals surface area contributed by atoms with Crippen molar-refractivity contribution in [3.05, 3.63) is 203 Å². The Morgan fingerprint density at radius 3 is 1.36 bits per heavy atom. The van der Waals surface area contributed by atoms with Crippen LogP contribution in [0.2, 0.25) is 0 Å². The number of carbonyl (C=O) groups excluding carboxylic acids is 4. The maximum Gasteiger partial charge on any atom is 0.323 e. The van der Waals surface area contributed by atoms with Crippen LogP contribution in [0.5, 0.6) is 5.75 Å². The molecule has 3 heterocycles. The molecule has 3 aromatic heterocycles. The number of amides is 4. The number of nitrogens with one attached hydrogen (secondary N) is 2. The number of carboxylic acids is 1. The normalized spacial score (nSPS) is 14.1. The fraction of sp³-hybridized carbons (Fsp3) is 0.343. The Kier molecular flexibility index (Phi) is 22.2. The molecular formula is C67H77BrN10O7. The average Bonchev–Trinajstić information content (AvgIpc) is 3.36. The molecule has 4 amide bonds. The zero-order valence-electron chi connectivity index (χ0n) is 49.4. The van der Waals surface area contributed by atoms with E-state index in [-0.39, 0.29) is 55.3 Å². The molecule has 0 spiro atoms. The summed E-state index contributed by atoms with van der Waals surface area (Å²) in [7, 11) is 1.64. The lowest BCUT2D eigenvalue weighted by atomic mass is 9.93. The van der Waals surface area contributed by atoms with E-state index in [0.29, 0.717) is 11.4 Å². The van der Waals surface area contributed by atoms with Gasteiger partial charge in [0.15, 0.2) is 0 Å². The number of aromatic nitrogens is 6. The zero-order chi connectivity index (χ0) is 60.4. The maximum absolute atomic E-state index is 14.3. The molecule has 444 valence electrons. The van der Waals surface area contributed by atoms with Crippen molar-refractivity contribution in [2.45, 2.75) is 143 Å². The summed E-state index contributed by atoms with van der Waals surface area (Å²) in [5, 5.41) is 14.9. The third kappa shape index (κ3) is 16.8. The molecule has 18 heteroatoms. The molecule has 2 atom stereocenters. The number of carboxylic acid groups (broad SMARTS) is 1. The molecule has 85 heavy (non-hydrogen) atoms. The van der Waals surface area contributed by atoms with E-state index in [1.54, 1.807) is 70.1 Å². The highest BCUT2D eigenvalue weighted by molar-refractivity contribution is 9.10. The van der Waals surface area contributed by atoms with E-state index in [0.717, 1.165) is 112 Å². The number of aliphatic carboxylic acids is 1. The second-order valence-electron chi connectivity index (χ2n) is 21.7. The SMILES string of the molecule is COc1cccc(-c2cccc(N(C(=O)Cn3ccnc3C)C(C(=O)NC3CCCCC3)c3ccccc3C)c2)c1.Cc1ccccc1C(C(=O)NC1CCCCC1)N(C(=O)Cn1ccnc1C)c1cccc(Br)c1.Cc1nccn1CC(=O)O. The molecule has 2 aliphatic carbocycles. The Bertz CT molecular complexity index is 3540. The molecule has 0 saturated heterocycles. The standard InChI is InChI=1S/C34H38N4O3.C27H31BrN4O2.C6H8N2O2/c1-24-11-7-8-18-31(24)33(34(40)36-28-14-5-4-6-15-28)38(32(39)23-37-20-19-35-25(37)2)29-16-9-12-26(21-29)27-13-10-17-30(22-27)41-3;1-19-9-6-7-14-24(19)26(27(34)30-22-11-4-3-5-12-22)32(23-13-8-10-21(28)17-23)25(33)18-31-16-15-29-20(31)2;1-5-7-2-3-8(5)4-6(9)10/h7-13,16-22,28,33H,4-6,14-15,23H2,1-3H3,(H,36,40);6-10,13-17,22,26H,3-5,11-12,18H2,1-2H3,(H,30,34);2-3H,4H2,1H3,(H,9,10). The molecule has 0 bridgehead atoms. The fourth-order valence-corrected chi connectivity index (χ4v) is 11.5. The molecule has 2 saturated carbocycles. The van der Waals surface area contributed by atoms with Crippen molar-refractivity contribution >= 4 is 56.9 Å². The van der Waals surface area contributed by atoms with Gasteiger partial charge in [0.25, 0.3) is 0 Å². The van der Waals surface area contributed by atoms with Gasteiger partial charge in [0.2, 0.25) is 23.6 Å². The van der Waals surface area contributed by atoms with Crippen molar-refractivity contribution in [1.29, 1.82) is 0 Å². The second-order valence-corrected chi connectivity index (χ2v) is 22.6. The Hall–Kier alpha value is -8.64. The summed E-state index contributed by atoms with van der Waals surface area (Å²) in [6, 6.07) is 37.5. The topological polar surface area (TPSA) is 199 Å². The molecule has 2 unspecified atom stereocenters. The van der Waals surface area contributed by atoms with Crippen molar-refractivity contribution in [2.75, 3.05) is 16.9 Å². The summed E-state index contributed by atoms with van der Waals surface area (Å²) in [5.41, 5.74) is 6.77.